The van der Waals surface area contributed by atoms with Crippen LogP contribution in [0, 0.1) is 6.92 Å². The van der Waals surface area contributed by atoms with Crippen LogP contribution in [0.1, 0.15) is 36.9 Å². The monoisotopic (exact) mass is 342 g/mol. The molecule has 0 saturated carbocycles. The van der Waals surface area contributed by atoms with E-state index in [0.717, 1.165) is 31.6 Å². The maximum Gasteiger partial charge on any atom is 0.322 e. The van der Waals surface area contributed by atoms with E-state index in [2.05, 4.69) is 41.6 Å². The fraction of sp³-hybridized carbons (Fsp3) is 0.474. The molecular weight excluding hydrogens is 316 g/mol. The molecule has 2 amide bonds. The van der Waals surface area contributed by atoms with Gasteiger partial charge in [0.2, 0.25) is 0 Å². The number of hydrogen-bond donors (Lipinski definition) is 1. The topological polar surface area (TPSA) is 59.4 Å². The van der Waals surface area contributed by atoms with Crippen molar-refractivity contribution in [1.29, 1.82) is 0 Å². The Bertz CT molecular complexity index is 704. The summed E-state index contributed by atoms with van der Waals surface area (Å²) >= 11 is 0. The number of carbonyl (C=O) groups is 1. The van der Waals surface area contributed by atoms with Crippen LogP contribution in [-0.4, -0.2) is 40.5 Å². The van der Waals surface area contributed by atoms with Crippen LogP contribution in [-0.2, 0) is 11.3 Å². The molecule has 1 aliphatic heterocycles. The highest BCUT2D eigenvalue weighted by Crippen LogP contribution is 2.20. The average molecular weight is 342 g/mol. The molecular formula is C19H26N4O2. The molecule has 25 heavy (non-hydrogen) atoms. The van der Waals surface area contributed by atoms with Crippen molar-refractivity contribution in [3.63, 3.8) is 0 Å². The summed E-state index contributed by atoms with van der Waals surface area (Å²) in [5, 5.41) is 7.22. The highest BCUT2D eigenvalue weighted by Gasteiger charge is 2.19. The molecule has 1 fully saturated rings. The number of carbonyl (C=O) groups excluding carboxylic acids is 1. The third kappa shape index (κ3) is 4.39. The fourth-order valence-corrected chi connectivity index (χ4v) is 2.98. The van der Waals surface area contributed by atoms with Gasteiger partial charge in [-0.2, -0.15) is 5.10 Å². The Morgan fingerprint density at radius 2 is 2.20 bits per heavy atom. The molecule has 1 aromatic carbocycles. The number of aromatic nitrogens is 2. The Morgan fingerprint density at radius 1 is 1.44 bits per heavy atom. The zero-order chi connectivity index (χ0) is 17.8. The molecule has 6 nitrogen and oxygen atoms in total. The molecule has 2 aromatic rings. The van der Waals surface area contributed by atoms with Gasteiger partial charge in [0.25, 0.3) is 0 Å². The molecule has 0 spiro atoms. The third-order valence-corrected chi connectivity index (χ3v) is 4.76. The van der Waals surface area contributed by atoms with Crippen LogP contribution < -0.4 is 5.32 Å². The number of hydrogen-bond acceptors (Lipinski definition) is 3. The Balaban J connectivity index is 1.57. The van der Waals surface area contributed by atoms with Crippen molar-refractivity contribution in [2.75, 3.05) is 19.0 Å². The number of urea groups is 1. The highest BCUT2D eigenvalue weighted by molar-refractivity contribution is 5.89. The number of rotatable bonds is 5. The van der Waals surface area contributed by atoms with Crippen LogP contribution in [0.4, 0.5) is 10.5 Å². The van der Waals surface area contributed by atoms with Crippen LogP contribution in [0.25, 0.3) is 0 Å². The number of ether oxygens (including phenoxy) is 1. The van der Waals surface area contributed by atoms with Gasteiger partial charge in [-0.25, -0.2) is 4.79 Å². The van der Waals surface area contributed by atoms with E-state index in [9.17, 15) is 4.79 Å². The van der Waals surface area contributed by atoms with E-state index in [0.29, 0.717) is 5.69 Å². The van der Waals surface area contributed by atoms with Gasteiger partial charge in [0.15, 0.2) is 0 Å². The van der Waals surface area contributed by atoms with E-state index >= 15 is 0 Å². The molecule has 0 aliphatic carbocycles. The van der Waals surface area contributed by atoms with Gasteiger partial charge in [-0.05, 0) is 32.3 Å². The summed E-state index contributed by atoms with van der Waals surface area (Å²) in [6.45, 7) is 5.63. The summed E-state index contributed by atoms with van der Waals surface area (Å²) in [6, 6.07) is 8.08. The van der Waals surface area contributed by atoms with E-state index in [1.807, 2.05) is 17.8 Å². The smallest absolute Gasteiger partial charge is 0.322 e. The maximum atomic E-state index is 12.5. The highest BCUT2D eigenvalue weighted by atomic mass is 16.5. The van der Waals surface area contributed by atoms with E-state index in [1.54, 1.807) is 18.1 Å². The van der Waals surface area contributed by atoms with Gasteiger partial charge in [0.1, 0.15) is 0 Å². The number of aryl methyl sites for hydroxylation is 1. The molecule has 134 valence electrons. The van der Waals surface area contributed by atoms with Crippen LogP contribution in [0.5, 0.6) is 0 Å². The average Bonchev–Trinajstić information content (AvgIpc) is 3.27. The zero-order valence-corrected chi connectivity index (χ0v) is 15.1. The van der Waals surface area contributed by atoms with Crippen LogP contribution in [0.15, 0.2) is 36.7 Å². The number of amides is 2. The first kappa shape index (κ1) is 17.5. The maximum absolute atomic E-state index is 12.5. The Labute approximate surface area is 148 Å². The molecule has 0 bridgehead atoms. The summed E-state index contributed by atoms with van der Waals surface area (Å²) in [7, 11) is 1.80. The fourth-order valence-electron chi connectivity index (χ4n) is 2.98. The van der Waals surface area contributed by atoms with E-state index in [4.69, 9.17) is 4.74 Å². The largest absolute Gasteiger partial charge is 0.376 e. The molecule has 1 N–H and O–H groups in total. The second-order valence-electron chi connectivity index (χ2n) is 6.71. The minimum atomic E-state index is -0.148. The first-order valence-corrected chi connectivity index (χ1v) is 8.77. The normalized spacial score (nSPS) is 18.1. The van der Waals surface area contributed by atoms with Gasteiger partial charge in [0.05, 0.1) is 30.6 Å². The SMILES string of the molecule is Cc1ccc([C@@H](C)N(C)C(=O)Nc2cnn(C[C@@H]3CCCO3)c2)cc1. The summed E-state index contributed by atoms with van der Waals surface area (Å²) in [5.41, 5.74) is 3.02. The molecule has 2 atom stereocenters. The molecule has 1 saturated heterocycles. The lowest BCUT2D eigenvalue weighted by atomic mass is 10.1. The molecule has 0 unspecified atom stereocenters. The third-order valence-electron chi connectivity index (χ3n) is 4.76. The van der Waals surface area contributed by atoms with Gasteiger partial charge < -0.3 is 15.0 Å². The van der Waals surface area contributed by atoms with Crippen LogP contribution >= 0.6 is 0 Å². The Kier molecular flexibility index (Phi) is 5.38. The predicted octanol–water partition coefficient (Wildman–Crippen LogP) is 3.60. The lowest BCUT2D eigenvalue weighted by molar-refractivity contribution is 0.0940. The summed E-state index contributed by atoms with van der Waals surface area (Å²) < 4.78 is 7.45. The molecule has 1 aromatic heterocycles. The zero-order valence-electron chi connectivity index (χ0n) is 15.1. The minimum Gasteiger partial charge on any atom is -0.376 e. The Morgan fingerprint density at radius 3 is 2.88 bits per heavy atom. The molecule has 3 rings (SSSR count). The first-order valence-electron chi connectivity index (χ1n) is 8.77. The van der Waals surface area contributed by atoms with E-state index in [1.165, 1.54) is 5.56 Å². The summed E-state index contributed by atoms with van der Waals surface area (Å²) in [4.78, 5) is 14.2. The lowest BCUT2D eigenvalue weighted by Crippen LogP contribution is -2.33. The Hall–Kier alpha value is -2.34. The summed E-state index contributed by atoms with van der Waals surface area (Å²) in [5.74, 6) is 0. The van der Waals surface area contributed by atoms with Crippen molar-refractivity contribution in [2.45, 2.75) is 45.4 Å². The van der Waals surface area contributed by atoms with E-state index in [-0.39, 0.29) is 18.2 Å². The second-order valence-corrected chi connectivity index (χ2v) is 6.71. The minimum absolute atomic E-state index is 0.0115. The first-order chi connectivity index (χ1) is 12.0. The van der Waals surface area contributed by atoms with Crippen molar-refractivity contribution in [2.24, 2.45) is 0 Å². The van der Waals surface area contributed by atoms with Crippen molar-refractivity contribution in [3.8, 4) is 0 Å². The van der Waals surface area contributed by atoms with Crippen molar-refractivity contribution in [1.82, 2.24) is 14.7 Å². The number of benzene rings is 1. The standard InChI is InChI=1S/C19H26N4O2/c1-14-6-8-16(9-7-14)15(2)22(3)19(24)21-17-11-20-23(12-17)13-18-5-4-10-25-18/h6-9,11-12,15,18H,4-5,10,13H2,1-3H3,(H,21,24)/t15-,18+/m1/s1. The van der Waals surface area contributed by atoms with E-state index < -0.39 is 0 Å². The van der Waals surface area contributed by atoms with Crippen molar-refractivity contribution in [3.05, 3.63) is 47.8 Å². The predicted molar refractivity (Wildman–Crippen MR) is 97.6 cm³/mol. The molecule has 2 heterocycles. The quantitative estimate of drug-likeness (QED) is 0.903. The van der Waals surface area contributed by atoms with Gasteiger partial charge in [-0.1, -0.05) is 29.8 Å². The number of nitrogens with zero attached hydrogens (tertiary/aromatic N) is 3. The molecule has 1 aliphatic rings. The van der Waals surface area contributed by atoms with Crippen molar-refractivity contribution < 1.29 is 9.53 Å². The van der Waals surface area contributed by atoms with Crippen molar-refractivity contribution >= 4 is 11.7 Å². The van der Waals surface area contributed by atoms with Crippen LogP contribution in [0.2, 0.25) is 0 Å². The molecule has 0 radical (unpaired) electrons. The van der Waals surface area contributed by atoms with Gasteiger partial charge in [-0.3, -0.25) is 4.68 Å². The summed E-state index contributed by atoms with van der Waals surface area (Å²) in [6.07, 6.45) is 5.93. The van der Waals surface area contributed by atoms with Gasteiger partial charge in [-0.15, -0.1) is 0 Å². The van der Waals surface area contributed by atoms with Crippen LogP contribution in [0.3, 0.4) is 0 Å². The van der Waals surface area contributed by atoms with Gasteiger partial charge >= 0.3 is 6.03 Å². The molecule has 6 heteroatoms. The second kappa shape index (κ2) is 7.70. The number of nitrogens with one attached hydrogen (secondary N) is 1. The lowest BCUT2D eigenvalue weighted by Gasteiger charge is -2.25. The van der Waals surface area contributed by atoms with Gasteiger partial charge in [0, 0.05) is 19.9 Å². The number of anilines is 1.